The van der Waals surface area contributed by atoms with Gasteiger partial charge in [-0.25, -0.2) is 4.98 Å². The molecule has 0 bridgehead atoms. The predicted molar refractivity (Wildman–Crippen MR) is 119 cm³/mol. The quantitative estimate of drug-likeness (QED) is 0.307. The molecule has 0 spiro atoms. The normalized spacial score (nSPS) is 10.4. The van der Waals surface area contributed by atoms with Crippen molar-refractivity contribution in [2.75, 3.05) is 0 Å². The Morgan fingerprint density at radius 3 is 2.45 bits per heavy atom. The van der Waals surface area contributed by atoms with Crippen molar-refractivity contribution in [3.63, 3.8) is 0 Å². The van der Waals surface area contributed by atoms with Gasteiger partial charge in [-0.2, -0.15) is 10.2 Å². The van der Waals surface area contributed by atoms with E-state index < -0.39 is 0 Å². The summed E-state index contributed by atoms with van der Waals surface area (Å²) in [6.07, 6.45) is 0. The summed E-state index contributed by atoms with van der Waals surface area (Å²) in [6.45, 7) is 0.349. The van der Waals surface area contributed by atoms with Gasteiger partial charge in [0.25, 0.3) is 0 Å². The van der Waals surface area contributed by atoms with E-state index in [0.29, 0.717) is 34.4 Å². The van der Waals surface area contributed by atoms with Gasteiger partial charge in [0.15, 0.2) is 11.5 Å². The molecule has 0 aliphatic rings. The van der Waals surface area contributed by atoms with Gasteiger partial charge < -0.3 is 9.47 Å². The Hall–Kier alpha value is -3.59. The van der Waals surface area contributed by atoms with E-state index in [2.05, 4.69) is 16.0 Å². The first-order valence-corrected chi connectivity index (χ1v) is 10.1. The van der Waals surface area contributed by atoms with Crippen molar-refractivity contribution in [3.8, 4) is 34.7 Å². The Labute approximate surface area is 189 Å². The fourth-order valence-corrected chi connectivity index (χ4v) is 3.23. The zero-order valence-electron chi connectivity index (χ0n) is 16.1. The van der Waals surface area contributed by atoms with E-state index in [9.17, 15) is 5.26 Å². The van der Waals surface area contributed by atoms with Gasteiger partial charge in [0, 0.05) is 22.7 Å². The molecule has 4 rings (SSSR count). The highest BCUT2D eigenvalue weighted by atomic mass is 35.5. The van der Waals surface area contributed by atoms with Crippen molar-refractivity contribution in [2.45, 2.75) is 6.61 Å². The minimum absolute atomic E-state index is 0.0238. The number of benzene rings is 3. The van der Waals surface area contributed by atoms with Crippen molar-refractivity contribution in [1.82, 2.24) is 9.97 Å². The van der Waals surface area contributed by atoms with Crippen LogP contribution in [0.2, 0.25) is 10.3 Å². The molecule has 0 fully saturated rings. The van der Waals surface area contributed by atoms with Crippen molar-refractivity contribution < 1.29 is 9.47 Å². The third kappa shape index (κ3) is 5.32. The molecule has 0 unspecified atom stereocenters. The van der Waals surface area contributed by atoms with Crippen LogP contribution < -0.4 is 9.47 Å². The van der Waals surface area contributed by atoms with Gasteiger partial charge in [-0.15, -0.1) is 0 Å². The van der Waals surface area contributed by atoms with Crippen LogP contribution in [0.5, 0.6) is 17.4 Å². The van der Waals surface area contributed by atoms with Crippen molar-refractivity contribution in [2.24, 2.45) is 0 Å². The van der Waals surface area contributed by atoms with Crippen LogP contribution in [0.15, 0.2) is 78.9 Å². The van der Waals surface area contributed by atoms with E-state index in [4.69, 9.17) is 32.7 Å². The maximum absolute atomic E-state index is 9.28. The molecular weight excluding hydrogens is 433 g/mol. The third-order valence-electron chi connectivity index (χ3n) is 4.32. The second kappa shape index (κ2) is 9.48. The number of aromatic nitrogens is 2. The van der Waals surface area contributed by atoms with Gasteiger partial charge in [0.2, 0.25) is 11.2 Å². The lowest BCUT2D eigenvalue weighted by atomic mass is 10.1. The molecule has 0 saturated heterocycles. The summed E-state index contributed by atoms with van der Waals surface area (Å²) in [5.41, 5.74) is 2.76. The molecule has 0 saturated carbocycles. The standard InChI is InChI=1S/C24H15Cl2N3O2/c25-19-8-4-7-18(12-19)20-13-23(29-24(26)28-20)31-22-11-17(14-27)9-10-21(22)30-15-16-5-2-1-3-6-16/h1-13H,15H2. The predicted octanol–water partition coefficient (Wildman–Crippen LogP) is 6.69. The highest BCUT2D eigenvalue weighted by Crippen LogP contribution is 2.34. The summed E-state index contributed by atoms with van der Waals surface area (Å²) in [5.74, 6) is 1.04. The van der Waals surface area contributed by atoms with Crippen LogP contribution in [0, 0.1) is 11.3 Å². The van der Waals surface area contributed by atoms with E-state index in [1.807, 2.05) is 42.5 Å². The zero-order valence-corrected chi connectivity index (χ0v) is 17.6. The molecule has 7 heteroatoms. The summed E-state index contributed by atoms with van der Waals surface area (Å²) >= 11 is 12.2. The largest absolute Gasteiger partial charge is 0.485 e. The maximum Gasteiger partial charge on any atom is 0.226 e. The summed E-state index contributed by atoms with van der Waals surface area (Å²) in [7, 11) is 0. The summed E-state index contributed by atoms with van der Waals surface area (Å²) in [6, 6.07) is 25.7. The number of ether oxygens (including phenoxy) is 2. The van der Waals surface area contributed by atoms with Crippen LogP contribution in [0.3, 0.4) is 0 Å². The second-order valence-electron chi connectivity index (χ2n) is 6.52. The molecule has 0 N–H and O–H groups in total. The first-order chi connectivity index (χ1) is 15.1. The minimum atomic E-state index is 0.0238. The number of nitrogens with zero attached hydrogens (tertiary/aromatic N) is 3. The van der Waals surface area contributed by atoms with Crippen LogP contribution in [-0.4, -0.2) is 9.97 Å². The Kier molecular flexibility index (Phi) is 6.32. The Morgan fingerprint density at radius 2 is 1.68 bits per heavy atom. The summed E-state index contributed by atoms with van der Waals surface area (Å²) in [4.78, 5) is 8.40. The fraction of sp³-hybridized carbons (Fsp3) is 0.0417. The molecule has 0 aliphatic carbocycles. The number of hydrogen-bond acceptors (Lipinski definition) is 5. The first kappa shape index (κ1) is 20.7. The molecule has 0 radical (unpaired) electrons. The van der Waals surface area contributed by atoms with Crippen LogP contribution in [0.25, 0.3) is 11.3 Å². The van der Waals surface area contributed by atoms with Crippen molar-refractivity contribution in [3.05, 3.63) is 100 Å². The zero-order chi connectivity index (χ0) is 21.6. The van der Waals surface area contributed by atoms with Crippen molar-refractivity contribution in [1.29, 1.82) is 5.26 Å². The van der Waals surface area contributed by atoms with Crippen LogP contribution in [0.4, 0.5) is 0 Å². The van der Waals surface area contributed by atoms with E-state index in [1.165, 1.54) is 0 Å². The summed E-state index contributed by atoms with van der Waals surface area (Å²) in [5, 5.41) is 9.88. The monoisotopic (exact) mass is 447 g/mol. The van der Waals surface area contributed by atoms with Gasteiger partial charge in [-0.05, 0) is 41.4 Å². The molecule has 1 heterocycles. The lowest BCUT2D eigenvalue weighted by Gasteiger charge is -2.13. The van der Waals surface area contributed by atoms with Crippen LogP contribution in [-0.2, 0) is 6.61 Å². The Balaban J connectivity index is 1.64. The first-order valence-electron chi connectivity index (χ1n) is 9.30. The Morgan fingerprint density at radius 1 is 0.839 bits per heavy atom. The number of nitriles is 1. The van der Waals surface area contributed by atoms with Gasteiger partial charge in [-0.3, -0.25) is 0 Å². The maximum atomic E-state index is 9.28. The lowest BCUT2D eigenvalue weighted by Crippen LogP contribution is -1.99. The molecule has 3 aromatic carbocycles. The molecule has 0 atom stereocenters. The van der Waals surface area contributed by atoms with Crippen molar-refractivity contribution >= 4 is 23.2 Å². The number of halogens is 2. The molecule has 1 aromatic heterocycles. The van der Waals surface area contributed by atoms with Crippen LogP contribution >= 0.6 is 23.2 Å². The average molecular weight is 448 g/mol. The van der Waals surface area contributed by atoms with Gasteiger partial charge in [0.1, 0.15) is 6.61 Å². The number of hydrogen-bond donors (Lipinski definition) is 0. The van der Waals surface area contributed by atoms with E-state index in [-0.39, 0.29) is 11.2 Å². The molecule has 31 heavy (non-hydrogen) atoms. The SMILES string of the molecule is N#Cc1ccc(OCc2ccccc2)c(Oc2cc(-c3cccc(Cl)c3)nc(Cl)n2)c1. The highest BCUT2D eigenvalue weighted by Gasteiger charge is 2.13. The Bertz CT molecular complexity index is 1260. The fourth-order valence-electron chi connectivity index (χ4n) is 2.87. The highest BCUT2D eigenvalue weighted by molar-refractivity contribution is 6.30. The minimum Gasteiger partial charge on any atom is -0.485 e. The van der Waals surface area contributed by atoms with Gasteiger partial charge in [-0.1, -0.05) is 54.1 Å². The smallest absolute Gasteiger partial charge is 0.226 e. The van der Waals surface area contributed by atoms with Gasteiger partial charge in [0.05, 0.1) is 17.3 Å². The molecule has 5 nitrogen and oxygen atoms in total. The lowest BCUT2D eigenvalue weighted by molar-refractivity contribution is 0.290. The van der Waals surface area contributed by atoms with E-state index in [1.54, 1.807) is 36.4 Å². The third-order valence-corrected chi connectivity index (χ3v) is 4.72. The van der Waals surface area contributed by atoms with Gasteiger partial charge >= 0.3 is 0 Å². The number of rotatable bonds is 6. The molecular formula is C24H15Cl2N3O2. The average Bonchev–Trinajstić information content (AvgIpc) is 2.78. The molecule has 152 valence electrons. The van der Waals surface area contributed by atoms with Crippen LogP contribution in [0.1, 0.15) is 11.1 Å². The topological polar surface area (TPSA) is 68.0 Å². The van der Waals surface area contributed by atoms with E-state index in [0.717, 1.165) is 11.1 Å². The second-order valence-corrected chi connectivity index (χ2v) is 7.29. The molecule has 4 aromatic rings. The summed E-state index contributed by atoms with van der Waals surface area (Å²) < 4.78 is 11.9. The molecule has 0 aliphatic heterocycles. The molecule has 0 amide bonds. The van der Waals surface area contributed by atoms with E-state index >= 15 is 0 Å².